The van der Waals surface area contributed by atoms with Crippen LogP contribution in [0.3, 0.4) is 0 Å². The van der Waals surface area contributed by atoms with Gasteiger partial charge in [-0.15, -0.1) is 0 Å². The van der Waals surface area contributed by atoms with Gasteiger partial charge in [-0.25, -0.2) is 0 Å². The lowest BCUT2D eigenvalue weighted by molar-refractivity contribution is -0.143. The van der Waals surface area contributed by atoms with Gasteiger partial charge in [-0.1, -0.05) is 38.1 Å². The first-order valence-electron chi connectivity index (χ1n) is 8.42. The Hall–Kier alpha value is -1.68. The lowest BCUT2D eigenvalue weighted by Crippen LogP contribution is -2.27. The molecule has 4 nitrogen and oxygen atoms in total. The fourth-order valence-corrected chi connectivity index (χ4v) is 2.93. The molecular weight excluding hydrogens is 278 g/mol. The number of benzene rings is 1. The third-order valence-corrected chi connectivity index (χ3v) is 4.37. The number of carboxylic acid groups (broad SMARTS) is 1. The van der Waals surface area contributed by atoms with Crippen LogP contribution in [0.4, 0.5) is 0 Å². The van der Waals surface area contributed by atoms with E-state index in [1.807, 2.05) is 19.9 Å². The normalized spacial score (nSPS) is 20.0. The molecule has 1 fully saturated rings. The number of hydrogen-bond donors (Lipinski definition) is 2. The Kier molecular flexibility index (Phi) is 5.22. The summed E-state index contributed by atoms with van der Waals surface area (Å²) in [7, 11) is 0. The van der Waals surface area contributed by atoms with Crippen LogP contribution in [0.15, 0.2) is 24.2 Å². The summed E-state index contributed by atoms with van der Waals surface area (Å²) in [6, 6.07) is 5.62. The number of aliphatic carboxylic acids is 1. The van der Waals surface area contributed by atoms with Crippen LogP contribution in [0.1, 0.15) is 32.8 Å². The van der Waals surface area contributed by atoms with Crippen LogP contribution in [-0.2, 0) is 22.4 Å². The Balaban J connectivity index is 2.16. The van der Waals surface area contributed by atoms with Gasteiger partial charge in [0.1, 0.15) is 5.78 Å². The van der Waals surface area contributed by atoms with Crippen molar-refractivity contribution >= 4 is 11.8 Å². The van der Waals surface area contributed by atoms with E-state index < -0.39 is 11.9 Å². The van der Waals surface area contributed by atoms with Crippen molar-refractivity contribution < 1.29 is 16.1 Å². The third-order valence-electron chi connectivity index (χ3n) is 4.37. The first kappa shape index (κ1) is 15.2. The van der Waals surface area contributed by atoms with Crippen LogP contribution in [0.5, 0.6) is 0 Å². The molecule has 4 heteroatoms. The van der Waals surface area contributed by atoms with Crippen LogP contribution >= 0.6 is 0 Å². The van der Waals surface area contributed by atoms with Crippen molar-refractivity contribution in [1.82, 2.24) is 5.32 Å². The van der Waals surface area contributed by atoms with Crippen molar-refractivity contribution in [2.45, 2.75) is 33.1 Å². The van der Waals surface area contributed by atoms with Crippen LogP contribution in [0.2, 0.25) is 0 Å². The van der Waals surface area contributed by atoms with Crippen molar-refractivity contribution in [2.24, 2.45) is 17.8 Å². The zero-order chi connectivity index (χ0) is 17.0. The quantitative estimate of drug-likeness (QED) is 0.811. The number of Topliss-reactive ketones (excluding diaryl/α,β-unsaturated/α-hetero) is 1. The second kappa shape index (κ2) is 7.54. The summed E-state index contributed by atoms with van der Waals surface area (Å²) in [4.78, 5) is 23.5. The van der Waals surface area contributed by atoms with E-state index in [0.717, 1.165) is 30.6 Å². The Morgan fingerprint density at radius 2 is 2.14 bits per heavy atom. The van der Waals surface area contributed by atoms with Crippen molar-refractivity contribution in [1.29, 1.82) is 0 Å². The number of carbonyl (C=O) groups is 2. The monoisotopic (exact) mass is 304 g/mol. The minimum absolute atomic E-state index is 0.0378. The smallest absolute Gasteiger partial charge is 0.307 e. The summed E-state index contributed by atoms with van der Waals surface area (Å²) < 4.78 is 7.92. The van der Waals surface area contributed by atoms with Gasteiger partial charge in [-0.2, -0.15) is 0 Å². The van der Waals surface area contributed by atoms with Gasteiger partial charge in [0, 0.05) is 12.3 Å². The maximum absolute atomic E-state index is 11.9. The molecule has 0 radical (unpaired) electrons. The second-order valence-corrected chi connectivity index (χ2v) is 6.45. The maximum Gasteiger partial charge on any atom is 0.307 e. The highest BCUT2D eigenvalue weighted by Gasteiger charge is 2.30. The molecule has 2 N–H and O–H groups in total. The molecule has 1 heterocycles. The highest BCUT2D eigenvalue weighted by Crippen LogP contribution is 2.24. The van der Waals surface area contributed by atoms with Crippen LogP contribution in [-0.4, -0.2) is 29.9 Å². The molecule has 1 aliphatic heterocycles. The summed E-state index contributed by atoms with van der Waals surface area (Å²) in [5.41, 5.74) is 1.64. The zero-order valence-corrected chi connectivity index (χ0v) is 13.3. The summed E-state index contributed by atoms with van der Waals surface area (Å²) in [5.74, 6) is -1.00. The Morgan fingerprint density at radius 1 is 1.41 bits per heavy atom. The lowest BCUT2D eigenvalue weighted by atomic mass is 9.85. The molecule has 120 valence electrons. The largest absolute Gasteiger partial charge is 0.481 e. The minimum Gasteiger partial charge on any atom is -0.481 e. The van der Waals surface area contributed by atoms with E-state index in [4.69, 9.17) is 1.37 Å². The first-order chi connectivity index (χ1) is 10.9. The van der Waals surface area contributed by atoms with Crippen molar-refractivity contribution in [3.63, 3.8) is 0 Å². The number of carboxylic acids is 1. The maximum atomic E-state index is 11.9. The average Bonchev–Trinajstić information content (AvgIpc) is 2.97. The van der Waals surface area contributed by atoms with Crippen molar-refractivity contribution in [3.8, 4) is 0 Å². The molecule has 0 saturated carbocycles. The fraction of sp³-hybridized carbons (Fsp3) is 0.556. The van der Waals surface area contributed by atoms with Gasteiger partial charge in [-0.05, 0) is 43.0 Å². The third kappa shape index (κ3) is 4.41. The number of nitrogens with one attached hydrogen (secondary N) is 1. The van der Waals surface area contributed by atoms with Crippen LogP contribution < -0.4 is 5.32 Å². The Bertz CT molecular complexity index is 580. The molecule has 0 spiro atoms. The molecule has 1 aromatic carbocycles. The van der Waals surface area contributed by atoms with Gasteiger partial charge in [0.25, 0.3) is 0 Å². The van der Waals surface area contributed by atoms with Crippen LogP contribution in [0.25, 0.3) is 0 Å². The molecule has 1 aromatic rings. The highest BCUT2D eigenvalue weighted by atomic mass is 16.4. The molecule has 2 rings (SSSR count). The van der Waals surface area contributed by atoms with Crippen molar-refractivity contribution in [3.05, 3.63) is 35.4 Å². The zero-order valence-electron chi connectivity index (χ0n) is 14.3. The number of carbonyl (C=O) groups excluding carboxylic acids is 1. The minimum atomic E-state index is -0.783. The fourth-order valence-electron chi connectivity index (χ4n) is 2.93. The predicted octanol–water partition coefficient (Wildman–Crippen LogP) is 2.31. The molecule has 0 bridgehead atoms. The molecule has 2 atom stereocenters. The molecule has 0 unspecified atom stereocenters. The number of hydrogen-bond acceptors (Lipinski definition) is 3. The number of rotatable bonds is 7. The van der Waals surface area contributed by atoms with E-state index >= 15 is 0 Å². The molecule has 0 amide bonds. The first-order valence-corrected chi connectivity index (χ1v) is 7.92. The highest BCUT2D eigenvalue weighted by molar-refractivity contribution is 5.82. The number of ketones is 1. The summed E-state index contributed by atoms with van der Waals surface area (Å²) in [5, 5.41) is 12.7. The van der Waals surface area contributed by atoms with E-state index in [1.165, 1.54) is 0 Å². The molecule has 0 aliphatic carbocycles. The molecular formula is C18H25NO3. The standard InChI is InChI=1S/C18H25NO3/c1-12(2)17(20)10-14-5-3-4-13(8-14)9-16(18(21)22)15-6-7-19-11-15/h3-5,8,12,15-16,19H,6-7,9-11H2,1-2H3,(H,21,22)/t15-,16-/m1/s1/i3D. The van der Waals surface area contributed by atoms with Gasteiger partial charge in [0.15, 0.2) is 0 Å². The second-order valence-electron chi connectivity index (χ2n) is 6.45. The summed E-state index contributed by atoms with van der Waals surface area (Å²) in [6.45, 7) is 5.32. The molecule has 1 saturated heterocycles. The predicted molar refractivity (Wildman–Crippen MR) is 85.8 cm³/mol. The van der Waals surface area contributed by atoms with Gasteiger partial charge in [0.2, 0.25) is 0 Å². The van der Waals surface area contributed by atoms with E-state index in [2.05, 4.69) is 5.32 Å². The SMILES string of the molecule is [2H]c1cc(CC(=O)C(C)C)cc(C[C@@H](C(=O)O)[C@@H]2CCNC2)c1. The molecule has 1 aliphatic rings. The van der Waals surface area contributed by atoms with Gasteiger partial charge in [-0.3, -0.25) is 9.59 Å². The van der Waals surface area contributed by atoms with Gasteiger partial charge in [0.05, 0.1) is 7.29 Å². The van der Waals surface area contributed by atoms with Gasteiger partial charge < -0.3 is 10.4 Å². The topological polar surface area (TPSA) is 66.4 Å². The Labute approximate surface area is 133 Å². The van der Waals surface area contributed by atoms with E-state index in [-0.39, 0.29) is 17.6 Å². The summed E-state index contributed by atoms with van der Waals surface area (Å²) in [6.07, 6.45) is 1.59. The van der Waals surface area contributed by atoms with E-state index in [1.54, 1.807) is 12.1 Å². The molecule has 0 aromatic heterocycles. The Morgan fingerprint density at radius 3 is 2.73 bits per heavy atom. The molecule has 22 heavy (non-hydrogen) atoms. The van der Waals surface area contributed by atoms with E-state index in [9.17, 15) is 14.7 Å². The van der Waals surface area contributed by atoms with Crippen molar-refractivity contribution in [2.75, 3.05) is 13.1 Å². The lowest BCUT2D eigenvalue weighted by Gasteiger charge is -2.19. The average molecular weight is 304 g/mol. The van der Waals surface area contributed by atoms with E-state index in [0.29, 0.717) is 18.9 Å². The van der Waals surface area contributed by atoms with Gasteiger partial charge >= 0.3 is 5.97 Å². The summed E-state index contributed by atoms with van der Waals surface area (Å²) >= 11 is 0. The van der Waals surface area contributed by atoms with Crippen LogP contribution in [0, 0.1) is 17.8 Å².